The summed E-state index contributed by atoms with van der Waals surface area (Å²) in [7, 11) is 2.92. The van der Waals surface area contributed by atoms with Crippen molar-refractivity contribution < 1.29 is 54.0 Å². The Kier molecular flexibility index (Phi) is 8.28. The van der Waals surface area contributed by atoms with E-state index in [9.17, 15) is 15.0 Å². The van der Waals surface area contributed by atoms with Gasteiger partial charge in [-0.3, -0.25) is 4.79 Å². The first-order valence-corrected chi connectivity index (χ1v) is 7.17. The zero-order valence-corrected chi connectivity index (χ0v) is 16.4. The van der Waals surface area contributed by atoms with Gasteiger partial charge in [-0.2, -0.15) is 0 Å². The number of phenolic OH excluding ortho intramolecular Hbond substituents is 2. The van der Waals surface area contributed by atoms with Gasteiger partial charge in [-0.05, 0) is 47.5 Å². The number of rotatable bonds is 6. The Labute approximate surface area is 168 Å². The molecule has 0 saturated carbocycles. The molecule has 0 heterocycles. The van der Waals surface area contributed by atoms with Crippen molar-refractivity contribution in [3.8, 4) is 23.0 Å². The quantitative estimate of drug-likeness (QED) is 0.584. The van der Waals surface area contributed by atoms with Crippen LogP contribution in [0.15, 0.2) is 48.6 Å². The topological polar surface area (TPSA) is 76.0 Å². The summed E-state index contributed by atoms with van der Waals surface area (Å²) in [6.07, 6.45) is 6.10. The van der Waals surface area contributed by atoms with E-state index >= 15 is 0 Å². The SMILES string of the molecule is COc1cc(/C=C/C(=O)/C=C/c2ccc(O)c(OC)c2)ccc1O.[Na+]. The third-order valence-corrected chi connectivity index (χ3v) is 3.29. The van der Waals surface area contributed by atoms with Crippen molar-refractivity contribution >= 4 is 17.9 Å². The second-order valence-electron chi connectivity index (χ2n) is 4.93. The third-order valence-electron chi connectivity index (χ3n) is 3.29. The summed E-state index contributed by atoms with van der Waals surface area (Å²) >= 11 is 0. The molecule has 0 spiro atoms. The van der Waals surface area contributed by atoms with Gasteiger partial charge in [0.25, 0.3) is 0 Å². The maximum atomic E-state index is 11.9. The van der Waals surface area contributed by atoms with Crippen molar-refractivity contribution in [2.45, 2.75) is 0 Å². The van der Waals surface area contributed by atoms with Crippen LogP contribution in [0.25, 0.3) is 12.2 Å². The van der Waals surface area contributed by atoms with E-state index in [1.165, 1.54) is 38.5 Å². The number of allylic oxidation sites excluding steroid dienone is 2. The summed E-state index contributed by atoms with van der Waals surface area (Å²) in [5.41, 5.74) is 1.47. The summed E-state index contributed by atoms with van der Waals surface area (Å²) in [6, 6.07) is 9.62. The summed E-state index contributed by atoms with van der Waals surface area (Å²) in [5.74, 6) is 0.575. The predicted molar refractivity (Wildman–Crippen MR) is 92.4 cm³/mol. The van der Waals surface area contributed by atoms with Crippen LogP contribution in [0.5, 0.6) is 23.0 Å². The fourth-order valence-electron chi connectivity index (χ4n) is 2.01. The molecule has 0 aliphatic rings. The summed E-state index contributed by atoms with van der Waals surface area (Å²) in [5, 5.41) is 19.1. The predicted octanol–water partition coefficient (Wildman–Crippen LogP) is 0.415. The average molecular weight is 349 g/mol. The Bertz CT molecular complexity index is 731. The van der Waals surface area contributed by atoms with Gasteiger partial charge in [-0.15, -0.1) is 0 Å². The Morgan fingerprint density at radius 3 is 1.60 bits per heavy atom. The molecular weight excluding hydrogens is 331 g/mol. The summed E-state index contributed by atoms with van der Waals surface area (Å²) < 4.78 is 10.0. The van der Waals surface area contributed by atoms with E-state index in [1.54, 1.807) is 36.4 Å². The Morgan fingerprint density at radius 2 is 1.24 bits per heavy atom. The van der Waals surface area contributed by atoms with Gasteiger partial charge in [0.05, 0.1) is 14.2 Å². The second kappa shape index (κ2) is 9.93. The van der Waals surface area contributed by atoms with Crippen LogP contribution >= 0.6 is 0 Å². The molecule has 5 nitrogen and oxygen atoms in total. The molecule has 0 aliphatic heterocycles. The van der Waals surface area contributed by atoms with Crippen LogP contribution in [0.3, 0.4) is 0 Å². The number of ether oxygens (including phenoxy) is 2. The normalized spacial score (nSPS) is 10.6. The van der Waals surface area contributed by atoms with Crippen molar-refractivity contribution in [3.05, 3.63) is 59.7 Å². The molecule has 2 rings (SSSR count). The Hall–Kier alpha value is -2.21. The largest absolute Gasteiger partial charge is 1.00 e. The Morgan fingerprint density at radius 1 is 0.840 bits per heavy atom. The number of phenols is 2. The second-order valence-corrected chi connectivity index (χ2v) is 4.93. The first kappa shape index (κ1) is 20.8. The van der Waals surface area contributed by atoms with E-state index in [4.69, 9.17) is 9.47 Å². The molecule has 2 aromatic rings. The molecule has 0 radical (unpaired) electrons. The van der Waals surface area contributed by atoms with Crippen molar-refractivity contribution in [3.63, 3.8) is 0 Å². The van der Waals surface area contributed by atoms with Gasteiger partial charge in [0.15, 0.2) is 28.8 Å². The number of benzene rings is 2. The molecule has 2 N–H and O–H groups in total. The smallest absolute Gasteiger partial charge is 0.504 e. The molecule has 0 aliphatic carbocycles. The Balaban J connectivity index is 0.00000312. The van der Waals surface area contributed by atoms with Gasteiger partial charge in [0.1, 0.15) is 0 Å². The van der Waals surface area contributed by atoms with Crippen molar-refractivity contribution in [2.75, 3.05) is 14.2 Å². The number of carbonyl (C=O) groups excluding carboxylic acids is 1. The monoisotopic (exact) mass is 349 g/mol. The molecule has 0 unspecified atom stereocenters. The van der Waals surface area contributed by atoms with Crippen molar-refractivity contribution in [1.29, 1.82) is 0 Å². The number of aromatic hydroxyl groups is 2. The van der Waals surface area contributed by atoms with Crippen molar-refractivity contribution in [2.24, 2.45) is 0 Å². The molecule has 0 aromatic heterocycles. The number of hydrogen-bond acceptors (Lipinski definition) is 5. The van der Waals surface area contributed by atoms with Crippen LogP contribution in [0.2, 0.25) is 0 Å². The number of carbonyl (C=O) groups is 1. The number of ketones is 1. The fraction of sp³-hybridized carbons (Fsp3) is 0.105. The maximum Gasteiger partial charge on any atom is 1.00 e. The average Bonchev–Trinajstić information content (AvgIpc) is 2.60. The standard InChI is InChI=1S/C19H18O5.Na/c1-23-18-11-13(5-9-16(18)21)3-7-15(20)8-4-14-6-10-17(22)19(12-14)24-2;/h3-12,21-22H,1-2H3;/q;+1/b7-3+,8-4+;. The minimum absolute atomic E-state index is 0. The molecule has 124 valence electrons. The molecule has 0 atom stereocenters. The van der Waals surface area contributed by atoms with E-state index in [2.05, 4.69) is 0 Å². The molecule has 2 aromatic carbocycles. The first-order chi connectivity index (χ1) is 11.5. The maximum absolute atomic E-state index is 11.9. The number of methoxy groups -OCH3 is 2. The van der Waals surface area contributed by atoms with Crippen LogP contribution in [0.1, 0.15) is 11.1 Å². The van der Waals surface area contributed by atoms with Crippen molar-refractivity contribution in [1.82, 2.24) is 0 Å². The van der Waals surface area contributed by atoms with E-state index in [0.717, 1.165) is 11.1 Å². The molecule has 25 heavy (non-hydrogen) atoms. The van der Waals surface area contributed by atoms with Gasteiger partial charge in [0, 0.05) is 0 Å². The van der Waals surface area contributed by atoms with Gasteiger partial charge in [-0.1, -0.05) is 24.3 Å². The van der Waals surface area contributed by atoms with E-state index in [0.29, 0.717) is 11.5 Å². The molecule has 0 bridgehead atoms. The minimum Gasteiger partial charge on any atom is -0.504 e. The molecule has 0 fully saturated rings. The van der Waals surface area contributed by atoms with Gasteiger partial charge in [-0.25, -0.2) is 0 Å². The van der Waals surface area contributed by atoms with Crippen LogP contribution in [-0.4, -0.2) is 30.2 Å². The minimum atomic E-state index is -0.200. The molecule has 6 heteroatoms. The summed E-state index contributed by atoms with van der Waals surface area (Å²) in [4.78, 5) is 11.9. The zero-order valence-electron chi connectivity index (χ0n) is 14.4. The zero-order chi connectivity index (χ0) is 17.5. The van der Waals surface area contributed by atoms with Crippen LogP contribution in [0.4, 0.5) is 0 Å². The van der Waals surface area contributed by atoms with E-state index in [-0.39, 0.29) is 46.8 Å². The fourth-order valence-corrected chi connectivity index (χ4v) is 2.01. The number of hydrogen-bond donors (Lipinski definition) is 2. The van der Waals surface area contributed by atoms with Gasteiger partial charge in [0.2, 0.25) is 0 Å². The van der Waals surface area contributed by atoms with Crippen LogP contribution in [-0.2, 0) is 4.79 Å². The molecular formula is C19H18NaO5+. The van der Waals surface area contributed by atoms with Gasteiger partial charge >= 0.3 is 29.6 Å². The molecule has 0 amide bonds. The summed E-state index contributed by atoms with van der Waals surface area (Å²) in [6.45, 7) is 0. The molecule has 0 saturated heterocycles. The first-order valence-electron chi connectivity index (χ1n) is 7.17. The van der Waals surface area contributed by atoms with Crippen LogP contribution in [0, 0.1) is 0 Å². The van der Waals surface area contributed by atoms with E-state index in [1.807, 2.05) is 0 Å². The third kappa shape index (κ3) is 5.98. The van der Waals surface area contributed by atoms with Crippen LogP contribution < -0.4 is 39.0 Å². The van der Waals surface area contributed by atoms with E-state index < -0.39 is 0 Å². The van der Waals surface area contributed by atoms with Gasteiger partial charge < -0.3 is 19.7 Å².